The maximum atomic E-state index is 12.8. The lowest BCUT2D eigenvalue weighted by Gasteiger charge is -2.29. The Labute approximate surface area is 133 Å². The predicted molar refractivity (Wildman–Crippen MR) is 80.0 cm³/mol. The normalized spacial score (nSPS) is 22.5. The molecule has 0 saturated carbocycles. The van der Waals surface area contributed by atoms with E-state index in [1.54, 1.807) is 6.07 Å². The van der Waals surface area contributed by atoms with Gasteiger partial charge in [0.15, 0.2) is 0 Å². The number of hydrogen-bond acceptors (Lipinski definition) is 3. The van der Waals surface area contributed by atoms with E-state index in [2.05, 4.69) is 4.98 Å². The minimum absolute atomic E-state index is 0.115. The molecule has 7 heteroatoms. The number of carbonyl (C=O) groups excluding carboxylic acids is 1. The molecule has 1 aromatic heterocycles. The summed E-state index contributed by atoms with van der Waals surface area (Å²) >= 11 is 0. The van der Waals surface area contributed by atoms with Crippen molar-refractivity contribution in [2.24, 2.45) is 5.92 Å². The number of amides is 1. The first-order chi connectivity index (χ1) is 10.9. The second-order valence-corrected chi connectivity index (χ2v) is 6.21. The number of piperidine rings is 1. The lowest BCUT2D eigenvalue weighted by atomic mass is 10.0. The molecule has 2 fully saturated rings. The molecule has 3 heterocycles. The van der Waals surface area contributed by atoms with Gasteiger partial charge in [0.25, 0.3) is 0 Å². The van der Waals surface area contributed by atoms with Gasteiger partial charge in [-0.15, -0.1) is 0 Å². The molecule has 1 unspecified atom stereocenters. The molecule has 0 aromatic carbocycles. The van der Waals surface area contributed by atoms with Crippen LogP contribution < -0.4 is 4.90 Å². The summed E-state index contributed by atoms with van der Waals surface area (Å²) in [5.74, 6) is 0.0351. The van der Waals surface area contributed by atoms with Crippen LogP contribution >= 0.6 is 0 Å². The zero-order valence-electron chi connectivity index (χ0n) is 12.9. The molecule has 2 aliphatic heterocycles. The third-order valence-electron chi connectivity index (χ3n) is 4.60. The highest BCUT2D eigenvalue weighted by molar-refractivity contribution is 5.80. The quantitative estimate of drug-likeness (QED) is 0.838. The molecule has 1 aromatic rings. The topological polar surface area (TPSA) is 36.4 Å². The molecule has 1 amide bonds. The third-order valence-corrected chi connectivity index (χ3v) is 4.60. The summed E-state index contributed by atoms with van der Waals surface area (Å²) in [7, 11) is 0. The van der Waals surface area contributed by atoms with Crippen molar-refractivity contribution in [3.05, 3.63) is 24.0 Å². The van der Waals surface area contributed by atoms with Crippen LogP contribution in [0, 0.1) is 5.92 Å². The van der Waals surface area contributed by atoms with Gasteiger partial charge in [0.2, 0.25) is 5.91 Å². The number of nitrogens with zero attached hydrogens (tertiary/aromatic N) is 3. The SMILES string of the molecule is O=C(C1CCN(c2ccnc(C(F)(F)F)c2)C1)N1CCCCC1. The van der Waals surface area contributed by atoms with E-state index < -0.39 is 11.9 Å². The number of anilines is 1. The van der Waals surface area contributed by atoms with E-state index in [0.717, 1.165) is 38.4 Å². The lowest BCUT2D eigenvalue weighted by Crippen LogP contribution is -2.40. The lowest BCUT2D eigenvalue weighted by molar-refractivity contribution is -0.141. The van der Waals surface area contributed by atoms with Crippen LogP contribution in [0.4, 0.5) is 18.9 Å². The van der Waals surface area contributed by atoms with Crippen molar-refractivity contribution in [3.63, 3.8) is 0 Å². The van der Waals surface area contributed by atoms with E-state index in [0.29, 0.717) is 25.2 Å². The molecule has 0 spiro atoms. The molecule has 2 saturated heterocycles. The fraction of sp³-hybridized carbons (Fsp3) is 0.625. The zero-order chi connectivity index (χ0) is 16.4. The number of rotatable bonds is 2. The summed E-state index contributed by atoms with van der Waals surface area (Å²) in [4.78, 5) is 19.7. The maximum absolute atomic E-state index is 12.8. The van der Waals surface area contributed by atoms with E-state index >= 15 is 0 Å². The van der Waals surface area contributed by atoms with E-state index in [1.807, 2.05) is 9.80 Å². The Morgan fingerprint density at radius 2 is 1.91 bits per heavy atom. The highest BCUT2D eigenvalue weighted by Gasteiger charge is 2.35. The summed E-state index contributed by atoms with van der Waals surface area (Å²) in [6, 6.07) is 2.64. The van der Waals surface area contributed by atoms with Crippen LogP contribution in [0.3, 0.4) is 0 Å². The highest BCUT2D eigenvalue weighted by Crippen LogP contribution is 2.32. The van der Waals surface area contributed by atoms with Crippen LogP contribution in [0.1, 0.15) is 31.4 Å². The van der Waals surface area contributed by atoms with Crippen molar-refractivity contribution < 1.29 is 18.0 Å². The Kier molecular flexibility index (Phi) is 4.46. The molecule has 1 atom stereocenters. The van der Waals surface area contributed by atoms with Gasteiger partial charge in [-0.25, -0.2) is 0 Å². The van der Waals surface area contributed by atoms with Crippen molar-refractivity contribution in [2.45, 2.75) is 31.9 Å². The number of carbonyl (C=O) groups is 1. The van der Waals surface area contributed by atoms with Crippen molar-refractivity contribution >= 4 is 11.6 Å². The average molecular weight is 327 g/mol. The fourth-order valence-electron chi connectivity index (χ4n) is 3.34. The van der Waals surface area contributed by atoms with Gasteiger partial charge >= 0.3 is 6.18 Å². The van der Waals surface area contributed by atoms with Crippen molar-refractivity contribution in [1.82, 2.24) is 9.88 Å². The van der Waals surface area contributed by atoms with Gasteiger partial charge in [-0.05, 0) is 37.8 Å². The Morgan fingerprint density at radius 1 is 1.17 bits per heavy atom. The monoisotopic (exact) mass is 327 g/mol. The molecular formula is C16H20F3N3O. The summed E-state index contributed by atoms with van der Waals surface area (Å²) in [6.45, 7) is 2.70. The van der Waals surface area contributed by atoms with Crippen LogP contribution in [0.15, 0.2) is 18.3 Å². The first-order valence-electron chi connectivity index (χ1n) is 8.02. The van der Waals surface area contributed by atoms with Gasteiger partial charge in [-0.3, -0.25) is 9.78 Å². The fourth-order valence-corrected chi connectivity index (χ4v) is 3.34. The van der Waals surface area contributed by atoms with E-state index in [-0.39, 0.29) is 11.8 Å². The maximum Gasteiger partial charge on any atom is 0.433 e. The summed E-state index contributed by atoms with van der Waals surface area (Å²) in [6.07, 6.45) is 0.677. The molecule has 0 bridgehead atoms. The van der Waals surface area contributed by atoms with Crippen LogP contribution in [0.25, 0.3) is 0 Å². The number of halogens is 3. The first-order valence-corrected chi connectivity index (χ1v) is 8.02. The Bertz CT molecular complexity index is 570. The Hall–Kier alpha value is -1.79. The average Bonchev–Trinajstić information content (AvgIpc) is 3.04. The molecular weight excluding hydrogens is 307 g/mol. The van der Waals surface area contributed by atoms with Gasteiger partial charge in [0, 0.05) is 38.1 Å². The highest BCUT2D eigenvalue weighted by atomic mass is 19.4. The molecule has 2 aliphatic rings. The van der Waals surface area contributed by atoms with E-state index in [4.69, 9.17) is 0 Å². The van der Waals surface area contributed by atoms with Gasteiger partial charge in [-0.1, -0.05) is 0 Å². The van der Waals surface area contributed by atoms with E-state index in [9.17, 15) is 18.0 Å². The predicted octanol–water partition coefficient (Wildman–Crippen LogP) is 2.94. The Balaban J connectivity index is 1.66. The largest absolute Gasteiger partial charge is 0.433 e. The summed E-state index contributed by atoms with van der Waals surface area (Å²) in [5, 5.41) is 0. The number of alkyl halides is 3. The number of pyridine rings is 1. The standard InChI is InChI=1S/C16H20F3N3O/c17-16(18,19)14-10-13(4-6-20-14)22-9-5-12(11-22)15(23)21-7-2-1-3-8-21/h4,6,10,12H,1-3,5,7-9,11H2. The number of likely N-dealkylation sites (tertiary alicyclic amines) is 1. The van der Waals surface area contributed by atoms with Gasteiger partial charge in [0.05, 0.1) is 5.92 Å². The molecule has 0 N–H and O–H groups in total. The van der Waals surface area contributed by atoms with Crippen molar-refractivity contribution in [1.29, 1.82) is 0 Å². The van der Waals surface area contributed by atoms with Crippen LogP contribution in [0.2, 0.25) is 0 Å². The molecule has 126 valence electrons. The zero-order valence-corrected chi connectivity index (χ0v) is 12.9. The molecule has 4 nitrogen and oxygen atoms in total. The minimum atomic E-state index is -4.45. The van der Waals surface area contributed by atoms with Gasteiger partial charge < -0.3 is 9.80 Å². The molecule has 0 aliphatic carbocycles. The number of aromatic nitrogens is 1. The Morgan fingerprint density at radius 3 is 2.61 bits per heavy atom. The first kappa shape index (κ1) is 16.1. The van der Waals surface area contributed by atoms with Crippen LogP contribution in [-0.2, 0) is 11.0 Å². The molecule has 3 rings (SSSR count). The summed E-state index contributed by atoms with van der Waals surface area (Å²) in [5.41, 5.74) is -0.401. The minimum Gasteiger partial charge on any atom is -0.371 e. The molecule has 0 radical (unpaired) electrons. The second-order valence-electron chi connectivity index (χ2n) is 6.21. The smallest absolute Gasteiger partial charge is 0.371 e. The van der Waals surface area contributed by atoms with Crippen molar-refractivity contribution in [3.8, 4) is 0 Å². The van der Waals surface area contributed by atoms with Crippen molar-refractivity contribution in [2.75, 3.05) is 31.1 Å². The van der Waals surface area contributed by atoms with Crippen LogP contribution in [-0.4, -0.2) is 42.0 Å². The van der Waals surface area contributed by atoms with Gasteiger partial charge in [0.1, 0.15) is 5.69 Å². The number of hydrogen-bond donors (Lipinski definition) is 0. The van der Waals surface area contributed by atoms with Gasteiger partial charge in [-0.2, -0.15) is 13.2 Å². The summed E-state index contributed by atoms with van der Waals surface area (Å²) < 4.78 is 38.3. The third kappa shape index (κ3) is 3.59. The van der Waals surface area contributed by atoms with Crippen LogP contribution in [0.5, 0.6) is 0 Å². The second kappa shape index (κ2) is 6.37. The van der Waals surface area contributed by atoms with E-state index in [1.165, 1.54) is 6.20 Å². The molecule has 23 heavy (non-hydrogen) atoms.